The molecule has 0 N–H and O–H groups in total. The number of aromatic nitrogens is 2. The molecule has 0 saturated carbocycles. The summed E-state index contributed by atoms with van der Waals surface area (Å²) in [4.78, 5) is 8.51. The second-order valence-electron chi connectivity index (χ2n) is 3.97. The van der Waals surface area contributed by atoms with Crippen LogP contribution in [0.1, 0.15) is 22.6 Å². The summed E-state index contributed by atoms with van der Waals surface area (Å²) in [6.07, 6.45) is 2.13. The van der Waals surface area contributed by atoms with Gasteiger partial charge in [-0.1, -0.05) is 17.7 Å². The second-order valence-corrected chi connectivity index (χ2v) is 4.40. The molecule has 17 heavy (non-hydrogen) atoms. The van der Waals surface area contributed by atoms with Gasteiger partial charge in [-0.3, -0.25) is 0 Å². The van der Waals surface area contributed by atoms with Gasteiger partial charge in [0.05, 0.1) is 0 Å². The van der Waals surface area contributed by atoms with Crippen molar-refractivity contribution in [2.75, 3.05) is 0 Å². The first-order chi connectivity index (χ1) is 8.06. The molecule has 0 radical (unpaired) electrons. The van der Waals surface area contributed by atoms with E-state index in [9.17, 15) is 4.39 Å². The van der Waals surface area contributed by atoms with Gasteiger partial charge in [0.2, 0.25) is 0 Å². The normalized spacial score (nSPS) is 10.6. The highest BCUT2D eigenvalue weighted by Gasteiger charge is 2.07. The van der Waals surface area contributed by atoms with E-state index in [0.717, 1.165) is 11.3 Å². The van der Waals surface area contributed by atoms with Gasteiger partial charge in [-0.25, -0.2) is 14.4 Å². The molecule has 1 aromatic heterocycles. The van der Waals surface area contributed by atoms with E-state index in [4.69, 9.17) is 11.6 Å². The molecular formula is C13H12ClFN2. The maximum Gasteiger partial charge on any atom is 0.133 e. The summed E-state index contributed by atoms with van der Waals surface area (Å²) in [6.45, 7) is 3.86. The Morgan fingerprint density at radius 2 is 2.06 bits per heavy atom. The van der Waals surface area contributed by atoms with Gasteiger partial charge < -0.3 is 0 Å². The van der Waals surface area contributed by atoms with E-state index in [1.165, 1.54) is 6.07 Å². The topological polar surface area (TPSA) is 25.8 Å². The van der Waals surface area contributed by atoms with E-state index in [1.54, 1.807) is 18.3 Å². The number of hydrogen-bond donors (Lipinski definition) is 0. The first kappa shape index (κ1) is 12.0. The first-order valence-corrected chi connectivity index (χ1v) is 5.67. The number of halogens is 2. The van der Waals surface area contributed by atoms with E-state index < -0.39 is 0 Å². The highest BCUT2D eigenvalue weighted by molar-refractivity contribution is 6.30. The van der Waals surface area contributed by atoms with Gasteiger partial charge in [0.15, 0.2) is 0 Å². The van der Waals surface area contributed by atoms with Crippen molar-refractivity contribution >= 4 is 11.6 Å². The van der Waals surface area contributed by atoms with Crippen LogP contribution in [0.4, 0.5) is 4.39 Å². The number of benzene rings is 1. The average molecular weight is 251 g/mol. The van der Waals surface area contributed by atoms with Gasteiger partial charge >= 0.3 is 0 Å². The minimum atomic E-state index is -0.320. The fourth-order valence-electron chi connectivity index (χ4n) is 1.50. The molecule has 0 saturated heterocycles. The molecule has 0 aliphatic rings. The van der Waals surface area contributed by atoms with E-state index in [2.05, 4.69) is 9.97 Å². The van der Waals surface area contributed by atoms with Crippen LogP contribution in [-0.2, 0) is 6.42 Å². The predicted molar refractivity (Wildman–Crippen MR) is 65.7 cm³/mol. The molecule has 0 aliphatic carbocycles. The van der Waals surface area contributed by atoms with Crippen LogP contribution < -0.4 is 0 Å². The Morgan fingerprint density at radius 3 is 2.71 bits per heavy atom. The Bertz CT molecular complexity index is 555. The average Bonchev–Trinajstić information content (AvgIpc) is 2.27. The Labute approximate surface area is 104 Å². The van der Waals surface area contributed by atoms with Gasteiger partial charge in [-0.2, -0.15) is 0 Å². The van der Waals surface area contributed by atoms with Crippen LogP contribution in [0.15, 0.2) is 24.4 Å². The molecular weight excluding hydrogens is 239 g/mol. The second kappa shape index (κ2) is 4.80. The minimum Gasteiger partial charge on any atom is -0.241 e. The van der Waals surface area contributed by atoms with Crippen LogP contribution in [0, 0.1) is 19.7 Å². The minimum absolute atomic E-state index is 0.320. The van der Waals surface area contributed by atoms with Gasteiger partial charge in [0.25, 0.3) is 0 Å². The van der Waals surface area contributed by atoms with E-state index in [1.807, 2.05) is 13.8 Å². The van der Waals surface area contributed by atoms with Crippen LogP contribution in [0.2, 0.25) is 5.02 Å². The molecule has 0 amide bonds. The summed E-state index contributed by atoms with van der Waals surface area (Å²) in [5.74, 6) is 0.300. The van der Waals surface area contributed by atoms with Crippen molar-refractivity contribution in [2.24, 2.45) is 0 Å². The molecule has 0 spiro atoms. The fraction of sp³-hybridized carbons (Fsp3) is 0.231. The third-order valence-corrected chi connectivity index (χ3v) is 2.87. The lowest BCUT2D eigenvalue weighted by Crippen LogP contribution is -2.01. The summed E-state index contributed by atoms with van der Waals surface area (Å²) in [6, 6.07) is 4.63. The Kier molecular flexibility index (Phi) is 3.38. The Balaban J connectivity index is 2.28. The third-order valence-electron chi connectivity index (χ3n) is 2.64. The predicted octanol–water partition coefficient (Wildman–Crippen LogP) is 3.48. The van der Waals surface area contributed by atoms with Crippen LogP contribution >= 0.6 is 11.6 Å². The highest BCUT2D eigenvalue weighted by atomic mass is 35.5. The number of aryl methyl sites for hydroxylation is 2. The van der Waals surface area contributed by atoms with Crippen LogP contribution in [-0.4, -0.2) is 9.97 Å². The largest absolute Gasteiger partial charge is 0.241 e. The Morgan fingerprint density at radius 1 is 1.29 bits per heavy atom. The van der Waals surface area contributed by atoms with Crippen LogP contribution in [0.25, 0.3) is 0 Å². The van der Waals surface area contributed by atoms with Crippen molar-refractivity contribution in [3.8, 4) is 0 Å². The lowest BCUT2D eigenvalue weighted by Gasteiger charge is -2.05. The van der Waals surface area contributed by atoms with Crippen molar-refractivity contribution in [1.82, 2.24) is 9.97 Å². The lowest BCUT2D eigenvalue weighted by molar-refractivity contribution is 0.612. The molecule has 0 bridgehead atoms. The SMILES string of the molecule is Cc1cnc(Cc2ccc(Cl)cc2F)nc1C. The smallest absolute Gasteiger partial charge is 0.133 e. The molecule has 0 atom stereocenters. The molecule has 2 nitrogen and oxygen atoms in total. The standard InChI is InChI=1S/C13H12ClFN2/c1-8-7-16-13(17-9(8)2)5-10-3-4-11(14)6-12(10)15/h3-4,6-7H,5H2,1-2H3. The van der Waals surface area contributed by atoms with E-state index in [0.29, 0.717) is 22.8 Å². The van der Waals surface area contributed by atoms with Gasteiger partial charge in [-0.05, 0) is 37.1 Å². The van der Waals surface area contributed by atoms with Gasteiger partial charge in [0.1, 0.15) is 11.6 Å². The molecule has 88 valence electrons. The van der Waals surface area contributed by atoms with Crippen molar-refractivity contribution in [1.29, 1.82) is 0 Å². The molecule has 2 rings (SSSR count). The van der Waals surface area contributed by atoms with E-state index in [-0.39, 0.29) is 5.82 Å². The first-order valence-electron chi connectivity index (χ1n) is 5.29. The quantitative estimate of drug-likeness (QED) is 0.816. The van der Waals surface area contributed by atoms with Gasteiger partial charge in [-0.15, -0.1) is 0 Å². The zero-order valence-corrected chi connectivity index (χ0v) is 10.4. The molecule has 0 aliphatic heterocycles. The number of hydrogen-bond acceptors (Lipinski definition) is 2. The van der Waals surface area contributed by atoms with Crippen molar-refractivity contribution in [2.45, 2.75) is 20.3 Å². The number of nitrogens with zero attached hydrogens (tertiary/aromatic N) is 2. The molecule has 0 unspecified atom stereocenters. The monoisotopic (exact) mass is 250 g/mol. The maximum atomic E-state index is 13.6. The van der Waals surface area contributed by atoms with Crippen molar-refractivity contribution in [3.63, 3.8) is 0 Å². The van der Waals surface area contributed by atoms with E-state index >= 15 is 0 Å². The zero-order valence-electron chi connectivity index (χ0n) is 9.67. The summed E-state index contributed by atoms with van der Waals surface area (Å²) in [7, 11) is 0. The summed E-state index contributed by atoms with van der Waals surface area (Å²) < 4.78 is 13.6. The third kappa shape index (κ3) is 2.80. The van der Waals surface area contributed by atoms with Crippen molar-refractivity contribution in [3.05, 3.63) is 57.9 Å². The van der Waals surface area contributed by atoms with Crippen molar-refractivity contribution < 1.29 is 4.39 Å². The molecule has 1 heterocycles. The summed E-state index contributed by atoms with van der Waals surface area (Å²) in [5, 5.41) is 0.396. The van der Waals surface area contributed by atoms with Crippen LogP contribution in [0.3, 0.4) is 0 Å². The molecule has 1 aromatic carbocycles. The van der Waals surface area contributed by atoms with Crippen LogP contribution in [0.5, 0.6) is 0 Å². The zero-order chi connectivity index (χ0) is 12.4. The number of rotatable bonds is 2. The fourth-order valence-corrected chi connectivity index (χ4v) is 1.65. The molecule has 2 aromatic rings. The summed E-state index contributed by atoms with van der Waals surface area (Å²) >= 11 is 5.69. The summed E-state index contributed by atoms with van der Waals surface area (Å²) in [5.41, 5.74) is 2.51. The highest BCUT2D eigenvalue weighted by Crippen LogP contribution is 2.16. The molecule has 0 fully saturated rings. The van der Waals surface area contributed by atoms with Gasteiger partial charge in [0, 0.05) is 23.3 Å². The lowest BCUT2D eigenvalue weighted by atomic mass is 10.1. The molecule has 4 heteroatoms. The Hall–Kier alpha value is -1.48. The maximum absolute atomic E-state index is 13.6.